The molecule has 1 saturated carbocycles. The quantitative estimate of drug-likeness (QED) is 0.570. The first-order chi connectivity index (χ1) is 12.3. The Hall–Kier alpha value is -2.67. The summed E-state index contributed by atoms with van der Waals surface area (Å²) in [5, 5.41) is 6.88. The van der Waals surface area contributed by atoms with Crippen LogP contribution in [0.3, 0.4) is 0 Å². The molecular formula is C18H24N7+. The van der Waals surface area contributed by atoms with E-state index in [1.54, 1.807) is 6.33 Å². The Labute approximate surface area is 146 Å². The van der Waals surface area contributed by atoms with Crippen LogP contribution in [0, 0.1) is 0 Å². The van der Waals surface area contributed by atoms with Crippen LogP contribution in [0.15, 0.2) is 36.7 Å². The summed E-state index contributed by atoms with van der Waals surface area (Å²) in [4.78, 5) is 15.6. The van der Waals surface area contributed by atoms with Crippen molar-refractivity contribution in [1.29, 1.82) is 0 Å². The van der Waals surface area contributed by atoms with Crippen molar-refractivity contribution in [2.45, 2.75) is 44.3 Å². The summed E-state index contributed by atoms with van der Waals surface area (Å²) >= 11 is 0. The molecule has 2 aromatic heterocycles. The van der Waals surface area contributed by atoms with Gasteiger partial charge >= 0.3 is 11.6 Å². The van der Waals surface area contributed by atoms with Gasteiger partial charge in [-0.15, -0.1) is 0 Å². The lowest BCUT2D eigenvalue weighted by atomic mass is 9.92. The summed E-state index contributed by atoms with van der Waals surface area (Å²) in [7, 11) is 0. The Morgan fingerprint density at radius 1 is 1.12 bits per heavy atom. The third kappa shape index (κ3) is 3.71. The van der Waals surface area contributed by atoms with Crippen LogP contribution in [0.4, 0.5) is 11.8 Å². The molecule has 1 aromatic carbocycles. The number of H-pyrrole nitrogens is 2. The second kappa shape index (κ2) is 7.06. The Kier molecular flexibility index (Phi) is 4.47. The number of hydrogen-bond donors (Lipinski definition) is 4. The second-order valence-electron chi connectivity index (χ2n) is 6.65. The third-order valence-corrected chi connectivity index (χ3v) is 4.74. The summed E-state index contributed by atoms with van der Waals surface area (Å²) in [6.45, 7) is 0.712. The maximum Gasteiger partial charge on any atom is 0.307 e. The van der Waals surface area contributed by atoms with Crippen LogP contribution in [0.25, 0.3) is 11.2 Å². The average molecular weight is 338 g/mol. The van der Waals surface area contributed by atoms with E-state index in [4.69, 9.17) is 5.73 Å². The van der Waals surface area contributed by atoms with Crippen LogP contribution in [0.2, 0.25) is 0 Å². The Bertz CT molecular complexity index is 822. The van der Waals surface area contributed by atoms with Gasteiger partial charge in [-0.2, -0.15) is 4.98 Å². The molecule has 0 saturated heterocycles. The molecule has 0 amide bonds. The molecule has 0 bridgehead atoms. The SMILES string of the molecule is NC1CCC(Nc2nc(NCc3ccccc3)c3[nH]c[nH+]c3n2)CC1. The van der Waals surface area contributed by atoms with E-state index in [1.807, 2.05) is 18.2 Å². The van der Waals surface area contributed by atoms with Gasteiger partial charge in [-0.1, -0.05) is 35.3 Å². The molecule has 3 aromatic rings. The van der Waals surface area contributed by atoms with Gasteiger partial charge in [-0.25, -0.2) is 4.98 Å². The first kappa shape index (κ1) is 15.8. The highest BCUT2D eigenvalue weighted by molar-refractivity contribution is 5.81. The summed E-state index contributed by atoms with van der Waals surface area (Å²) in [5.41, 5.74) is 8.87. The number of nitrogens with zero attached hydrogens (tertiary/aromatic N) is 2. The van der Waals surface area contributed by atoms with Gasteiger partial charge in [0.2, 0.25) is 5.52 Å². The molecule has 6 N–H and O–H groups in total. The number of nitrogens with one attached hydrogen (secondary N) is 4. The van der Waals surface area contributed by atoms with E-state index in [0.29, 0.717) is 24.6 Å². The van der Waals surface area contributed by atoms with Crippen molar-refractivity contribution in [3.63, 3.8) is 0 Å². The topological polar surface area (TPSA) is 106 Å². The van der Waals surface area contributed by atoms with Crippen LogP contribution in [-0.4, -0.2) is 27.0 Å². The van der Waals surface area contributed by atoms with Crippen LogP contribution >= 0.6 is 0 Å². The predicted octanol–water partition coefficient (Wildman–Crippen LogP) is 2.07. The molecule has 2 heterocycles. The zero-order valence-electron chi connectivity index (χ0n) is 14.1. The normalized spacial score (nSPS) is 20.5. The number of aromatic nitrogens is 4. The molecule has 0 aliphatic heterocycles. The predicted molar refractivity (Wildman–Crippen MR) is 98.1 cm³/mol. The van der Waals surface area contributed by atoms with E-state index in [-0.39, 0.29) is 0 Å². The minimum Gasteiger partial charge on any atom is -0.363 e. The van der Waals surface area contributed by atoms with Gasteiger partial charge in [0.15, 0.2) is 12.1 Å². The van der Waals surface area contributed by atoms with Crippen molar-refractivity contribution in [2.75, 3.05) is 10.6 Å². The minimum atomic E-state index is 0.336. The molecule has 0 unspecified atom stereocenters. The molecule has 1 aliphatic rings. The zero-order chi connectivity index (χ0) is 17.1. The summed E-state index contributed by atoms with van der Waals surface area (Å²) in [6.07, 6.45) is 6.00. The third-order valence-electron chi connectivity index (χ3n) is 4.74. The molecule has 1 fully saturated rings. The van der Waals surface area contributed by atoms with Crippen molar-refractivity contribution in [3.05, 3.63) is 42.2 Å². The van der Waals surface area contributed by atoms with Gasteiger partial charge in [0.1, 0.15) is 0 Å². The maximum atomic E-state index is 5.99. The van der Waals surface area contributed by atoms with Crippen LogP contribution in [0.5, 0.6) is 0 Å². The van der Waals surface area contributed by atoms with Crippen molar-refractivity contribution in [2.24, 2.45) is 5.73 Å². The zero-order valence-corrected chi connectivity index (χ0v) is 14.1. The molecule has 7 heteroatoms. The average Bonchev–Trinajstić information content (AvgIpc) is 3.11. The number of aromatic amines is 2. The monoisotopic (exact) mass is 338 g/mol. The van der Waals surface area contributed by atoms with E-state index in [9.17, 15) is 0 Å². The molecule has 0 spiro atoms. The summed E-state index contributed by atoms with van der Waals surface area (Å²) < 4.78 is 0. The fraction of sp³-hybridized carbons (Fsp3) is 0.389. The van der Waals surface area contributed by atoms with Gasteiger partial charge in [0.25, 0.3) is 0 Å². The smallest absolute Gasteiger partial charge is 0.307 e. The first-order valence-electron chi connectivity index (χ1n) is 8.84. The largest absolute Gasteiger partial charge is 0.363 e. The van der Waals surface area contributed by atoms with E-state index in [1.165, 1.54) is 5.56 Å². The van der Waals surface area contributed by atoms with Gasteiger partial charge in [-0.3, -0.25) is 4.98 Å². The van der Waals surface area contributed by atoms with Crippen molar-refractivity contribution >= 4 is 22.9 Å². The first-order valence-corrected chi connectivity index (χ1v) is 8.84. The van der Waals surface area contributed by atoms with Gasteiger partial charge < -0.3 is 16.4 Å². The fourth-order valence-electron chi connectivity index (χ4n) is 3.30. The Morgan fingerprint density at radius 2 is 1.92 bits per heavy atom. The van der Waals surface area contributed by atoms with Crippen LogP contribution < -0.4 is 21.4 Å². The lowest BCUT2D eigenvalue weighted by Crippen LogP contribution is -2.33. The molecule has 7 nitrogen and oxygen atoms in total. The second-order valence-corrected chi connectivity index (χ2v) is 6.65. The standard InChI is InChI=1S/C18H23N7/c19-13-6-8-14(9-7-13)23-18-24-16(15-17(25-18)22-11-21-15)20-10-12-4-2-1-3-5-12/h1-5,11,13-14H,6-10,19H2,(H3,20,21,22,23,24,25)/p+1. The highest BCUT2D eigenvalue weighted by Gasteiger charge is 2.22. The fourth-order valence-corrected chi connectivity index (χ4v) is 3.30. The van der Waals surface area contributed by atoms with Gasteiger partial charge in [0.05, 0.1) is 0 Å². The number of fused-ring (bicyclic) bond motifs is 1. The number of anilines is 2. The molecule has 0 radical (unpaired) electrons. The van der Waals surface area contributed by atoms with E-state index in [0.717, 1.165) is 42.7 Å². The molecule has 0 atom stereocenters. The van der Waals surface area contributed by atoms with Crippen LogP contribution in [-0.2, 0) is 6.54 Å². The number of benzene rings is 1. The Morgan fingerprint density at radius 3 is 2.72 bits per heavy atom. The molecular weight excluding hydrogens is 314 g/mol. The number of nitrogens with two attached hydrogens (primary N) is 1. The maximum absolute atomic E-state index is 5.99. The van der Waals surface area contributed by atoms with Gasteiger partial charge in [0, 0.05) is 18.6 Å². The Balaban J connectivity index is 1.52. The highest BCUT2D eigenvalue weighted by atomic mass is 15.2. The van der Waals surface area contributed by atoms with Crippen molar-refractivity contribution < 1.29 is 4.98 Å². The van der Waals surface area contributed by atoms with E-state index < -0.39 is 0 Å². The molecule has 130 valence electrons. The van der Waals surface area contributed by atoms with E-state index in [2.05, 4.69) is 42.7 Å². The van der Waals surface area contributed by atoms with Crippen molar-refractivity contribution in [1.82, 2.24) is 15.0 Å². The minimum absolute atomic E-state index is 0.336. The molecule has 25 heavy (non-hydrogen) atoms. The highest BCUT2D eigenvalue weighted by Crippen LogP contribution is 2.22. The van der Waals surface area contributed by atoms with Gasteiger partial charge in [-0.05, 0) is 31.2 Å². The number of rotatable bonds is 5. The molecule has 1 aliphatic carbocycles. The molecule has 4 rings (SSSR count). The summed E-state index contributed by atoms with van der Waals surface area (Å²) in [5.74, 6) is 1.45. The lowest BCUT2D eigenvalue weighted by molar-refractivity contribution is -0.347. The number of imidazole rings is 1. The number of hydrogen-bond acceptors (Lipinski definition) is 5. The van der Waals surface area contributed by atoms with E-state index >= 15 is 0 Å². The van der Waals surface area contributed by atoms with Crippen molar-refractivity contribution in [3.8, 4) is 0 Å². The van der Waals surface area contributed by atoms with Crippen LogP contribution in [0.1, 0.15) is 31.2 Å². The lowest BCUT2D eigenvalue weighted by Gasteiger charge is -2.26. The summed E-state index contributed by atoms with van der Waals surface area (Å²) in [6, 6.07) is 11.0.